The maximum atomic E-state index is 14.1. The molecular weight excluding hydrogens is 169 g/mol. The Hall–Kier alpha value is -0.150. The van der Waals surface area contributed by atoms with Crippen molar-refractivity contribution in [1.82, 2.24) is 0 Å². The van der Waals surface area contributed by atoms with Crippen LogP contribution in [0, 0.1) is 5.41 Å². The first-order valence-electron chi connectivity index (χ1n) is 4.73. The van der Waals surface area contributed by atoms with Crippen molar-refractivity contribution in [2.24, 2.45) is 11.1 Å². The lowest BCUT2D eigenvalue weighted by atomic mass is 9.78. The Labute approximate surface area is 80.6 Å². The molecule has 0 aliphatic rings. The van der Waals surface area contributed by atoms with E-state index in [2.05, 4.69) is 0 Å². The predicted molar refractivity (Wildman–Crippen MR) is 53.4 cm³/mol. The van der Waals surface area contributed by atoms with Crippen molar-refractivity contribution in [3.8, 4) is 0 Å². The van der Waals surface area contributed by atoms with Crippen LogP contribution in [0.4, 0.5) is 4.39 Å². The zero-order valence-electron chi connectivity index (χ0n) is 9.36. The van der Waals surface area contributed by atoms with Crippen LogP contribution >= 0.6 is 0 Å². The molecule has 0 aliphatic carbocycles. The first kappa shape index (κ1) is 12.8. The third-order valence-corrected chi connectivity index (χ3v) is 2.31. The molecule has 0 radical (unpaired) electrons. The summed E-state index contributed by atoms with van der Waals surface area (Å²) in [4.78, 5) is 0. The molecule has 0 rings (SSSR count). The van der Waals surface area contributed by atoms with Gasteiger partial charge in [-0.2, -0.15) is 0 Å². The van der Waals surface area contributed by atoms with Crippen LogP contribution in [0.3, 0.4) is 0 Å². The second-order valence-corrected chi connectivity index (χ2v) is 4.78. The van der Waals surface area contributed by atoms with Gasteiger partial charge in [0.05, 0.1) is 12.7 Å². The van der Waals surface area contributed by atoms with Crippen molar-refractivity contribution in [3.05, 3.63) is 0 Å². The highest BCUT2D eigenvalue weighted by Crippen LogP contribution is 2.33. The molecule has 80 valence electrons. The van der Waals surface area contributed by atoms with E-state index in [0.717, 1.165) is 0 Å². The summed E-state index contributed by atoms with van der Waals surface area (Å²) in [7, 11) is 0. The molecule has 2 nitrogen and oxygen atoms in total. The fourth-order valence-electron chi connectivity index (χ4n) is 0.880. The van der Waals surface area contributed by atoms with Crippen LogP contribution in [0.2, 0.25) is 0 Å². The highest BCUT2D eigenvalue weighted by Gasteiger charge is 2.41. The summed E-state index contributed by atoms with van der Waals surface area (Å²) in [5.41, 5.74) is 3.52. The summed E-state index contributed by atoms with van der Waals surface area (Å²) in [6.45, 7) is 9.36. The molecule has 0 aromatic carbocycles. The number of ether oxygens (including phenoxy) is 1. The highest BCUT2D eigenvalue weighted by atomic mass is 19.1. The number of halogens is 1. The van der Waals surface area contributed by atoms with E-state index in [0.29, 0.717) is 0 Å². The van der Waals surface area contributed by atoms with E-state index in [1.807, 2.05) is 34.6 Å². The molecular formula is C10H22FNO. The average Bonchev–Trinajstić information content (AvgIpc) is 1.98. The monoisotopic (exact) mass is 191 g/mol. The summed E-state index contributed by atoms with van der Waals surface area (Å²) in [5, 5.41) is 0. The molecule has 0 spiro atoms. The summed E-state index contributed by atoms with van der Waals surface area (Å²) in [6.07, 6.45) is 0.0454. The van der Waals surface area contributed by atoms with E-state index in [1.54, 1.807) is 0 Å². The minimum absolute atomic E-state index is 0.00319. The number of nitrogens with two attached hydrogens (primary N) is 1. The molecule has 2 N–H and O–H groups in total. The van der Waals surface area contributed by atoms with Gasteiger partial charge in [-0.05, 0) is 19.3 Å². The Morgan fingerprint density at radius 1 is 1.31 bits per heavy atom. The van der Waals surface area contributed by atoms with Crippen molar-refractivity contribution < 1.29 is 9.13 Å². The molecule has 0 fully saturated rings. The summed E-state index contributed by atoms with van der Waals surface area (Å²) in [6, 6.07) is 0. The normalized spacial score (nSPS) is 17.5. The van der Waals surface area contributed by atoms with E-state index in [9.17, 15) is 4.39 Å². The minimum Gasteiger partial charge on any atom is -0.375 e. The Morgan fingerprint density at radius 2 is 1.77 bits per heavy atom. The van der Waals surface area contributed by atoms with Gasteiger partial charge in [-0.25, -0.2) is 4.39 Å². The van der Waals surface area contributed by atoms with Gasteiger partial charge in [0.25, 0.3) is 0 Å². The lowest BCUT2D eigenvalue weighted by Gasteiger charge is -2.37. The first-order chi connectivity index (χ1) is 5.73. The largest absolute Gasteiger partial charge is 0.375 e. The van der Waals surface area contributed by atoms with Crippen molar-refractivity contribution in [1.29, 1.82) is 0 Å². The van der Waals surface area contributed by atoms with Gasteiger partial charge in [-0.3, -0.25) is 0 Å². The standard InChI is InChI=1S/C10H22FNO/c1-8(2)13-7-10(11,6-12)9(3,4)5/h8H,6-7,12H2,1-5H3. The van der Waals surface area contributed by atoms with Crippen LogP contribution in [-0.4, -0.2) is 24.9 Å². The van der Waals surface area contributed by atoms with Gasteiger partial charge in [0, 0.05) is 6.54 Å². The SMILES string of the molecule is CC(C)OCC(F)(CN)C(C)(C)C. The van der Waals surface area contributed by atoms with Crippen LogP contribution < -0.4 is 5.73 Å². The van der Waals surface area contributed by atoms with Gasteiger partial charge in [-0.15, -0.1) is 0 Å². The summed E-state index contributed by atoms with van der Waals surface area (Å²) < 4.78 is 19.4. The van der Waals surface area contributed by atoms with E-state index < -0.39 is 11.1 Å². The number of hydrogen-bond donors (Lipinski definition) is 1. The van der Waals surface area contributed by atoms with Crippen molar-refractivity contribution >= 4 is 0 Å². The van der Waals surface area contributed by atoms with E-state index >= 15 is 0 Å². The van der Waals surface area contributed by atoms with Gasteiger partial charge >= 0.3 is 0 Å². The Bertz CT molecular complexity index is 153. The van der Waals surface area contributed by atoms with Gasteiger partial charge < -0.3 is 10.5 Å². The van der Waals surface area contributed by atoms with Crippen LogP contribution in [0.25, 0.3) is 0 Å². The smallest absolute Gasteiger partial charge is 0.151 e. The zero-order chi connectivity index (χ0) is 10.7. The summed E-state index contributed by atoms with van der Waals surface area (Å²) in [5.74, 6) is 0. The van der Waals surface area contributed by atoms with Crippen LogP contribution in [0.15, 0.2) is 0 Å². The third-order valence-electron chi connectivity index (χ3n) is 2.31. The number of alkyl halides is 1. The first-order valence-corrected chi connectivity index (χ1v) is 4.73. The van der Waals surface area contributed by atoms with E-state index in [-0.39, 0.29) is 19.3 Å². The van der Waals surface area contributed by atoms with Crippen molar-refractivity contribution in [3.63, 3.8) is 0 Å². The molecule has 0 heterocycles. The molecule has 1 unspecified atom stereocenters. The molecule has 0 bridgehead atoms. The maximum absolute atomic E-state index is 14.1. The maximum Gasteiger partial charge on any atom is 0.151 e. The number of hydrogen-bond acceptors (Lipinski definition) is 2. The van der Waals surface area contributed by atoms with Crippen LogP contribution in [0.1, 0.15) is 34.6 Å². The second-order valence-electron chi connectivity index (χ2n) is 4.78. The van der Waals surface area contributed by atoms with Gasteiger partial charge in [-0.1, -0.05) is 20.8 Å². The lowest BCUT2D eigenvalue weighted by molar-refractivity contribution is -0.0644. The molecule has 0 aliphatic heterocycles. The van der Waals surface area contributed by atoms with Crippen LogP contribution in [-0.2, 0) is 4.74 Å². The zero-order valence-corrected chi connectivity index (χ0v) is 9.36. The molecule has 0 aromatic heterocycles. The van der Waals surface area contributed by atoms with Crippen LogP contribution in [0.5, 0.6) is 0 Å². The third kappa shape index (κ3) is 3.61. The van der Waals surface area contributed by atoms with Crippen molar-refractivity contribution in [2.45, 2.75) is 46.4 Å². The van der Waals surface area contributed by atoms with Gasteiger partial charge in [0.1, 0.15) is 0 Å². The highest BCUT2D eigenvalue weighted by molar-refractivity contribution is 4.92. The molecule has 0 saturated heterocycles. The lowest BCUT2D eigenvalue weighted by Crippen LogP contribution is -2.49. The molecule has 0 saturated carbocycles. The topological polar surface area (TPSA) is 35.2 Å². The molecule has 0 aromatic rings. The molecule has 3 heteroatoms. The fourth-order valence-corrected chi connectivity index (χ4v) is 0.880. The number of rotatable bonds is 4. The Morgan fingerprint density at radius 3 is 2.00 bits per heavy atom. The molecule has 1 atom stereocenters. The van der Waals surface area contributed by atoms with E-state index in [4.69, 9.17) is 10.5 Å². The van der Waals surface area contributed by atoms with Crippen molar-refractivity contribution in [2.75, 3.05) is 13.2 Å². The second kappa shape index (κ2) is 4.38. The minimum atomic E-state index is -1.43. The predicted octanol–water partition coefficient (Wildman–Crippen LogP) is 2.12. The van der Waals surface area contributed by atoms with Gasteiger partial charge in [0.15, 0.2) is 5.67 Å². The fraction of sp³-hybridized carbons (Fsp3) is 1.00. The Kier molecular flexibility index (Phi) is 4.33. The Balaban J connectivity index is 4.29. The van der Waals surface area contributed by atoms with E-state index in [1.165, 1.54) is 0 Å². The average molecular weight is 191 g/mol. The van der Waals surface area contributed by atoms with Gasteiger partial charge in [0.2, 0.25) is 0 Å². The molecule has 0 amide bonds. The quantitative estimate of drug-likeness (QED) is 0.738. The summed E-state index contributed by atoms with van der Waals surface area (Å²) >= 11 is 0. The molecule has 13 heavy (non-hydrogen) atoms.